The minimum absolute atomic E-state index is 0.195. The zero-order valence-corrected chi connectivity index (χ0v) is 13.9. The molecule has 2 nitrogen and oxygen atoms in total. The summed E-state index contributed by atoms with van der Waals surface area (Å²) in [4.78, 5) is 2.52. The summed E-state index contributed by atoms with van der Waals surface area (Å²) < 4.78 is 6.10. The minimum atomic E-state index is 0.195. The summed E-state index contributed by atoms with van der Waals surface area (Å²) in [6.07, 6.45) is 6.41. The van der Waals surface area contributed by atoms with Gasteiger partial charge >= 0.3 is 0 Å². The summed E-state index contributed by atoms with van der Waals surface area (Å²) in [5, 5.41) is 0. The molecule has 2 aliphatic carbocycles. The monoisotopic (exact) mass is 275 g/mol. The van der Waals surface area contributed by atoms with Gasteiger partial charge in [-0.15, -0.1) is 0 Å². The molecule has 0 aromatic rings. The second kappa shape index (κ2) is 4.37. The molecule has 0 bridgehead atoms. The van der Waals surface area contributed by atoms with Crippen LogP contribution in [0.5, 0.6) is 0 Å². The van der Waals surface area contributed by atoms with Crippen LogP contribution >= 0.6 is 0 Å². The molecule has 2 heteroatoms. The van der Waals surface area contributed by atoms with Crippen molar-refractivity contribution in [3.8, 4) is 0 Å². The Bertz CT molecular complexity index is 486. The van der Waals surface area contributed by atoms with Gasteiger partial charge in [-0.05, 0) is 78.1 Å². The highest BCUT2D eigenvalue weighted by Gasteiger charge is 2.63. The molecule has 1 aliphatic heterocycles. The molecule has 2 fully saturated rings. The third-order valence-corrected chi connectivity index (χ3v) is 5.95. The van der Waals surface area contributed by atoms with Crippen LogP contribution in [-0.4, -0.2) is 30.1 Å². The Morgan fingerprint density at radius 1 is 1.35 bits per heavy atom. The first kappa shape index (κ1) is 14.2. The van der Waals surface area contributed by atoms with Crippen molar-refractivity contribution in [2.45, 2.75) is 65.5 Å². The fourth-order valence-corrected chi connectivity index (χ4v) is 4.47. The summed E-state index contributed by atoms with van der Waals surface area (Å²) in [5.74, 6) is 1.97. The molecule has 0 N–H and O–H groups in total. The lowest BCUT2D eigenvalue weighted by atomic mass is 9.73. The number of piperidine rings is 1. The van der Waals surface area contributed by atoms with Crippen LogP contribution in [0.2, 0.25) is 0 Å². The van der Waals surface area contributed by atoms with Gasteiger partial charge in [0.05, 0.1) is 11.9 Å². The standard InChI is InChI=1S/C18H29NO/c1-12(2)20-15-7-8-16-17(4,5)19(6)10-9-18(16)11-14(18)13(15)3/h8,12,14H,7,9-11H2,1-6H3. The van der Waals surface area contributed by atoms with E-state index in [-0.39, 0.29) is 11.6 Å². The van der Waals surface area contributed by atoms with Crippen LogP contribution in [0.1, 0.15) is 53.9 Å². The van der Waals surface area contributed by atoms with Crippen LogP contribution in [0.15, 0.2) is 23.0 Å². The van der Waals surface area contributed by atoms with Crippen molar-refractivity contribution in [3.05, 3.63) is 23.0 Å². The second-order valence-corrected chi connectivity index (χ2v) is 7.74. The molecule has 3 rings (SSSR count). The van der Waals surface area contributed by atoms with Gasteiger partial charge in [0.15, 0.2) is 0 Å². The normalized spacial score (nSPS) is 36.1. The maximum atomic E-state index is 6.10. The number of likely N-dealkylation sites (tertiary alicyclic amines) is 1. The molecule has 0 aromatic carbocycles. The van der Waals surface area contributed by atoms with Crippen LogP contribution < -0.4 is 0 Å². The SMILES string of the molecule is CC1=C(OC(C)C)CC=C2C3(CCN(C)C2(C)C)CC13. The molecule has 1 saturated heterocycles. The van der Waals surface area contributed by atoms with E-state index in [1.54, 1.807) is 5.57 Å². The maximum Gasteiger partial charge on any atom is 0.0993 e. The van der Waals surface area contributed by atoms with Crippen molar-refractivity contribution >= 4 is 0 Å². The number of allylic oxidation sites excluding steroid dienone is 2. The Balaban J connectivity index is 1.97. The fraction of sp³-hybridized carbons (Fsp3) is 0.778. The van der Waals surface area contributed by atoms with Gasteiger partial charge < -0.3 is 4.74 Å². The Labute approximate surface area is 123 Å². The highest BCUT2D eigenvalue weighted by atomic mass is 16.5. The van der Waals surface area contributed by atoms with Gasteiger partial charge in [-0.2, -0.15) is 0 Å². The first-order valence-electron chi connectivity index (χ1n) is 8.07. The smallest absolute Gasteiger partial charge is 0.0993 e. The van der Waals surface area contributed by atoms with Gasteiger partial charge in [-0.25, -0.2) is 0 Å². The fourth-order valence-electron chi connectivity index (χ4n) is 4.47. The average Bonchev–Trinajstić information content (AvgIpc) is 3.07. The van der Waals surface area contributed by atoms with Crippen LogP contribution in [0.25, 0.3) is 0 Å². The predicted molar refractivity (Wildman–Crippen MR) is 83.5 cm³/mol. The van der Waals surface area contributed by atoms with Gasteiger partial charge in [0, 0.05) is 17.4 Å². The predicted octanol–water partition coefficient (Wildman–Crippen LogP) is 4.14. The van der Waals surface area contributed by atoms with E-state index >= 15 is 0 Å². The zero-order chi connectivity index (χ0) is 14.7. The molecule has 0 radical (unpaired) electrons. The summed E-state index contributed by atoms with van der Waals surface area (Å²) in [6, 6.07) is 0. The third-order valence-electron chi connectivity index (χ3n) is 5.95. The van der Waals surface area contributed by atoms with E-state index in [0.717, 1.165) is 12.3 Å². The molecule has 1 spiro atoms. The van der Waals surface area contributed by atoms with Crippen molar-refractivity contribution in [2.24, 2.45) is 11.3 Å². The Morgan fingerprint density at radius 3 is 2.70 bits per heavy atom. The van der Waals surface area contributed by atoms with E-state index in [1.807, 2.05) is 0 Å². The second-order valence-electron chi connectivity index (χ2n) is 7.74. The number of nitrogens with zero attached hydrogens (tertiary/aromatic N) is 1. The van der Waals surface area contributed by atoms with Crippen LogP contribution in [0, 0.1) is 11.3 Å². The largest absolute Gasteiger partial charge is 0.495 e. The molecular weight excluding hydrogens is 246 g/mol. The lowest BCUT2D eigenvalue weighted by Gasteiger charge is -2.47. The van der Waals surface area contributed by atoms with Gasteiger partial charge in [0.2, 0.25) is 0 Å². The van der Waals surface area contributed by atoms with E-state index in [0.29, 0.717) is 5.41 Å². The van der Waals surface area contributed by atoms with Gasteiger partial charge in [-0.1, -0.05) is 6.08 Å². The van der Waals surface area contributed by atoms with Gasteiger partial charge in [0.1, 0.15) is 0 Å². The highest BCUT2D eigenvalue weighted by Crippen LogP contribution is 2.68. The number of hydrogen-bond donors (Lipinski definition) is 0. The minimum Gasteiger partial charge on any atom is -0.495 e. The lowest BCUT2D eigenvalue weighted by molar-refractivity contribution is 0.122. The zero-order valence-electron chi connectivity index (χ0n) is 13.9. The first-order valence-corrected chi connectivity index (χ1v) is 8.07. The van der Waals surface area contributed by atoms with Crippen LogP contribution in [0.4, 0.5) is 0 Å². The molecule has 1 saturated carbocycles. The van der Waals surface area contributed by atoms with Crippen molar-refractivity contribution in [1.29, 1.82) is 0 Å². The first-order chi connectivity index (χ1) is 9.29. The molecule has 112 valence electrons. The van der Waals surface area contributed by atoms with E-state index in [9.17, 15) is 0 Å². The van der Waals surface area contributed by atoms with Crippen molar-refractivity contribution in [2.75, 3.05) is 13.6 Å². The molecule has 0 aromatic heterocycles. The van der Waals surface area contributed by atoms with Gasteiger partial charge in [0.25, 0.3) is 0 Å². The van der Waals surface area contributed by atoms with E-state index in [2.05, 4.69) is 52.6 Å². The van der Waals surface area contributed by atoms with Crippen molar-refractivity contribution < 1.29 is 4.74 Å². The van der Waals surface area contributed by atoms with Crippen LogP contribution in [-0.2, 0) is 4.74 Å². The molecule has 0 amide bonds. The summed E-state index contributed by atoms with van der Waals surface area (Å²) in [6.45, 7) is 12.6. The Morgan fingerprint density at radius 2 is 2.05 bits per heavy atom. The Kier molecular flexibility index (Phi) is 3.10. The summed E-state index contributed by atoms with van der Waals surface area (Å²) in [7, 11) is 2.27. The molecule has 2 atom stereocenters. The van der Waals surface area contributed by atoms with Crippen LogP contribution in [0.3, 0.4) is 0 Å². The number of hydrogen-bond acceptors (Lipinski definition) is 2. The molecule has 1 heterocycles. The molecule has 3 aliphatic rings. The number of likely N-dealkylation sites (N-methyl/N-ethyl adjacent to an activating group) is 1. The quantitative estimate of drug-likeness (QED) is 0.702. The van der Waals surface area contributed by atoms with E-state index < -0.39 is 0 Å². The molecular formula is C18H29NO. The molecule has 20 heavy (non-hydrogen) atoms. The topological polar surface area (TPSA) is 12.5 Å². The summed E-state index contributed by atoms with van der Waals surface area (Å²) in [5.41, 5.74) is 3.85. The highest BCUT2D eigenvalue weighted by molar-refractivity contribution is 5.43. The summed E-state index contributed by atoms with van der Waals surface area (Å²) >= 11 is 0. The third kappa shape index (κ3) is 1.88. The number of ether oxygens (including phenoxy) is 1. The average molecular weight is 275 g/mol. The van der Waals surface area contributed by atoms with E-state index in [4.69, 9.17) is 4.74 Å². The number of rotatable bonds is 2. The van der Waals surface area contributed by atoms with Crippen molar-refractivity contribution in [1.82, 2.24) is 4.90 Å². The Hall–Kier alpha value is -0.760. The lowest BCUT2D eigenvalue weighted by Crippen LogP contribution is -2.50. The molecule has 2 unspecified atom stereocenters. The maximum absolute atomic E-state index is 6.10. The van der Waals surface area contributed by atoms with E-state index in [1.165, 1.54) is 30.7 Å². The van der Waals surface area contributed by atoms with Gasteiger partial charge in [-0.3, -0.25) is 4.90 Å². The van der Waals surface area contributed by atoms with Crippen molar-refractivity contribution in [3.63, 3.8) is 0 Å².